The van der Waals surface area contributed by atoms with Crippen molar-refractivity contribution in [1.29, 1.82) is 0 Å². The monoisotopic (exact) mass is 341 g/mol. The molecule has 0 bridgehead atoms. The normalized spacial score (nSPS) is 39.7. The van der Waals surface area contributed by atoms with Crippen LogP contribution in [0.15, 0.2) is 6.33 Å². The second kappa shape index (κ2) is 4.60. The highest BCUT2D eigenvalue weighted by atomic mass is 19.1. The summed E-state index contributed by atoms with van der Waals surface area (Å²) in [6.45, 7) is 5.12. The van der Waals surface area contributed by atoms with E-state index in [-0.39, 0.29) is 17.0 Å². The lowest BCUT2D eigenvalue weighted by molar-refractivity contribution is -0.192. The first-order chi connectivity index (χ1) is 10.9. The zero-order chi connectivity index (χ0) is 18.1. The molecule has 10 heteroatoms. The minimum absolute atomic E-state index is 0.000708. The van der Waals surface area contributed by atoms with Crippen LogP contribution in [0.25, 0.3) is 11.2 Å². The molecule has 0 aromatic carbocycles. The molecule has 0 spiro atoms. The number of aliphatic hydroxyl groups is 3. The van der Waals surface area contributed by atoms with Crippen LogP contribution < -0.4 is 5.73 Å². The number of aliphatic hydroxyl groups excluding tert-OH is 1. The molecule has 0 radical (unpaired) electrons. The second-order valence-electron chi connectivity index (χ2n) is 6.78. The summed E-state index contributed by atoms with van der Waals surface area (Å²) in [6, 6.07) is 0. The third kappa shape index (κ3) is 1.73. The fourth-order valence-corrected chi connectivity index (χ4v) is 3.28. The van der Waals surface area contributed by atoms with E-state index in [1.54, 1.807) is 0 Å². The van der Waals surface area contributed by atoms with Crippen LogP contribution in [0.3, 0.4) is 0 Å². The molecule has 5 N–H and O–H groups in total. The van der Waals surface area contributed by atoms with Crippen LogP contribution in [0, 0.1) is 6.08 Å². The third-order valence-corrected chi connectivity index (χ3v) is 5.46. The summed E-state index contributed by atoms with van der Waals surface area (Å²) in [5.74, 6) is -0.158. The average molecular weight is 341 g/mol. The van der Waals surface area contributed by atoms with Gasteiger partial charge in [0.15, 0.2) is 22.7 Å². The number of halogens is 1. The SMILES string of the molecule is CC1(O)C(C)(O)[C@](C)(n2cnc3c(N)nc(F)nc32)O[C@]1(C)CO. The van der Waals surface area contributed by atoms with Crippen LogP contribution in [0.5, 0.6) is 0 Å². The van der Waals surface area contributed by atoms with Gasteiger partial charge in [0, 0.05) is 0 Å². The smallest absolute Gasteiger partial charge is 0.312 e. The standard InChI is InChI=1S/C14H20FN5O4/c1-11(5-21)12(2,22)13(3,23)14(4,24-11)20-6-17-7-8(16)18-10(15)19-9(7)20/h6,21-23H,5H2,1-4H3,(H2,16,18,19)/t11-,12?,13?,14-/m1/s1. The van der Waals surface area contributed by atoms with Gasteiger partial charge in [0.05, 0.1) is 12.9 Å². The number of ether oxygens (including phenoxy) is 1. The maximum absolute atomic E-state index is 13.6. The molecular formula is C14H20FN5O4. The molecule has 4 atom stereocenters. The predicted octanol–water partition coefficient (Wildman–Crippen LogP) is -0.497. The van der Waals surface area contributed by atoms with Crippen molar-refractivity contribution in [3.05, 3.63) is 12.4 Å². The summed E-state index contributed by atoms with van der Waals surface area (Å²) in [7, 11) is 0. The summed E-state index contributed by atoms with van der Waals surface area (Å²) in [5, 5.41) is 31.6. The van der Waals surface area contributed by atoms with Crippen molar-refractivity contribution in [3.8, 4) is 0 Å². The minimum atomic E-state index is -1.89. The van der Waals surface area contributed by atoms with Crippen molar-refractivity contribution < 1.29 is 24.4 Å². The Morgan fingerprint density at radius 3 is 2.38 bits per heavy atom. The Hall–Kier alpha value is -1.88. The molecule has 2 aromatic rings. The van der Waals surface area contributed by atoms with Crippen LogP contribution in [-0.2, 0) is 10.5 Å². The van der Waals surface area contributed by atoms with E-state index < -0.39 is 35.2 Å². The Morgan fingerprint density at radius 1 is 1.21 bits per heavy atom. The molecule has 9 nitrogen and oxygen atoms in total. The highest BCUT2D eigenvalue weighted by Crippen LogP contribution is 2.54. The van der Waals surface area contributed by atoms with Gasteiger partial charge in [-0.15, -0.1) is 0 Å². The largest absolute Gasteiger partial charge is 0.393 e. The zero-order valence-corrected chi connectivity index (χ0v) is 13.8. The molecule has 1 aliphatic heterocycles. The van der Waals surface area contributed by atoms with E-state index in [4.69, 9.17) is 10.5 Å². The first-order valence-electron chi connectivity index (χ1n) is 7.33. The van der Waals surface area contributed by atoms with Crippen molar-refractivity contribution >= 4 is 17.0 Å². The van der Waals surface area contributed by atoms with Gasteiger partial charge in [-0.2, -0.15) is 14.4 Å². The molecule has 0 saturated carbocycles. The van der Waals surface area contributed by atoms with E-state index >= 15 is 0 Å². The van der Waals surface area contributed by atoms with Crippen molar-refractivity contribution in [2.75, 3.05) is 12.3 Å². The van der Waals surface area contributed by atoms with Crippen molar-refractivity contribution in [3.63, 3.8) is 0 Å². The van der Waals surface area contributed by atoms with E-state index in [1.807, 2.05) is 0 Å². The summed E-state index contributed by atoms with van der Waals surface area (Å²) in [6.07, 6.45) is 0.211. The minimum Gasteiger partial charge on any atom is -0.393 e. The average Bonchev–Trinajstić information content (AvgIpc) is 2.94. The molecule has 24 heavy (non-hydrogen) atoms. The van der Waals surface area contributed by atoms with Gasteiger partial charge in [0.1, 0.15) is 16.8 Å². The maximum atomic E-state index is 13.6. The molecule has 2 unspecified atom stereocenters. The molecule has 0 aliphatic carbocycles. The fourth-order valence-electron chi connectivity index (χ4n) is 3.28. The summed E-state index contributed by atoms with van der Waals surface area (Å²) < 4.78 is 20.8. The Kier molecular flexibility index (Phi) is 3.25. The van der Waals surface area contributed by atoms with Crippen LogP contribution >= 0.6 is 0 Å². The third-order valence-electron chi connectivity index (χ3n) is 5.46. The number of hydrogen-bond donors (Lipinski definition) is 4. The predicted molar refractivity (Wildman–Crippen MR) is 81.2 cm³/mol. The van der Waals surface area contributed by atoms with Crippen LogP contribution in [0.1, 0.15) is 27.7 Å². The first kappa shape index (κ1) is 17.0. The molecular weight excluding hydrogens is 321 g/mol. The summed E-state index contributed by atoms with van der Waals surface area (Å²) in [5.41, 5.74) is -1.04. The Labute approximate surface area is 136 Å². The van der Waals surface area contributed by atoms with Gasteiger partial charge in [0.2, 0.25) is 0 Å². The number of nitrogens with zero attached hydrogens (tertiary/aromatic N) is 4. The molecule has 132 valence electrons. The van der Waals surface area contributed by atoms with Gasteiger partial charge in [-0.05, 0) is 27.7 Å². The van der Waals surface area contributed by atoms with Gasteiger partial charge in [-0.1, -0.05) is 0 Å². The van der Waals surface area contributed by atoms with Crippen molar-refractivity contribution in [2.45, 2.75) is 50.2 Å². The molecule has 3 rings (SSSR count). The molecule has 3 heterocycles. The number of rotatable bonds is 2. The van der Waals surface area contributed by atoms with Crippen LogP contribution in [-0.4, -0.2) is 58.2 Å². The number of nitrogens with two attached hydrogens (primary N) is 1. The number of nitrogen functional groups attached to an aromatic ring is 1. The van der Waals surface area contributed by atoms with E-state index in [1.165, 1.54) is 38.6 Å². The second-order valence-corrected chi connectivity index (χ2v) is 6.78. The lowest BCUT2D eigenvalue weighted by Crippen LogP contribution is -2.63. The Bertz CT molecular complexity index is 823. The highest BCUT2D eigenvalue weighted by molar-refractivity contribution is 5.81. The van der Waals surface area contributed by atoms with Gasteiger partial charge < -0.3 is 25.8 Å². The van der Waals surface area contributed by atoms with Crippen LogP contribution in [0.4, 0.5) is 10.2 Å². The highest BCUT2D eigenvalue weighted by Gasteiger charge is 2.72. The number of hydrogen-bond acceptors (Lipinski definition) is 8. The lowest BCUT2D eigenvalue weighted by Gasteiger charge is -2.42. The number of anilines is 1. The van der Waals surface area contributed by atoms with Crippen molar-refractivity contribution in [2.24, 2.45) is 0 Å². The van der Waals surface area contributed by atoms with E-state index in [0.717, 1.165) is 0 Å². The first-order valence-corrected chi connectivity index (χ1v) is 7.33. The fraction of sp³-hybridized carbons (Fsp3) is 0.643. The van der Waals surface area contributed by atoms with E-state index in [9.17, 15) is 19.7 Å². The van der Waals surface area contributed by atoms with E-state index in [2.05, 4.69) is 15.0 Å². The maximum Gasteiger partial charge on any atom is 0.312 e. The number of fused-ring (bicyclic) bond motifs is 1. The molecule has 0 amide bonds. The van der Waals surface area contributed by atoms with Gasteiger partial charge in [0.25, 0.3) is 0 Å². The van der Waals surface area contributed by atoms with Gasteiger partial charge >= 0.3 is 6.08 Å². The van der Waals surface area contributed by atoms with E-state index in [0.29, 0.717) is 0 Å². The quantitative estimate of drug-likeness (QED) is 0.536. The van der Waals surface area contributed by atoms with Gasteiger partial charge in [-0.25, -0.2) is 4.98 Å². The zero-order valence-electron chi connectivity index (χ0n) is 13.8. The molecule has 1 fully saturated rings. The van der Waals surface area contributed by atoms with Crippen molar-refractivity contribution in [1.82, 2.24) is 19.5 Å². The topological polar surface area (TPSA) is 140 Å². The number of imidazole rings is 1. The van der Waals surface area contributed by atoms with Gasteiger partial charge in [-0.3, -0.25) is 4.57 Å². The Balaban J connectivity index is 2.30. The molecule has 2 aromatic heterocycles. The Morgan fingerprint density at radius 2 is 1.83 bits per heavy atom. The number of aromatic nitrogens is 4. The summed E-state index contributed by atoms with van der Waals surface area (Å²) in [4.78, 5) is 11.1. The molecule has 1 saturated heterocycles. The van der Waals surface area contributed by atoms with Crippen LogP contribution in [0.2, 0.25) is 0 Å². The summed E-state index contributed by atoms with van der Waals surface area (Å²) >= 11 is 0. The molecule has 1 aliphatic rings. The lowest BCUT2D eigenvalue weighted by atomic mass is 9.73.